The predicted octanol–water partition coefficient (Wildman–Crippen LogP) is 2.33. The molecule has 1 aromatic heterocycles. The molecule has 0 saturated carbocycles. The van der Waals surface area contributed by atoms with Crippen LogP contribution in [0.4, 0.5) is 0 Å². The summed E-state index contributed by atoms with van der Waals surface area (Å²) in [5, 5.41) is 3.34. The van der Waals surface area contributed by atoms with E-state index in [2.05, 4.69) is 21.2 Å². The summed E-state index contributed by atoms with van der Waals surface area (Å²) in [6, 6.07) is 2.03. The first-order valence-electron chi connectivity index (χ1n) is 6.50. The highest BCUT2D eigenvalue weighted by molar-refractivity contribution is 9.11. The van der Waals surface area contributed by atoms with Gasteiger partial charge in [0.2, 0.25) is 10.0 Å². The van der Waals surface area contributed by atoms with Crippen molar-refractivity contribution in [1.82, 2.24) is 9.62 Å². The van der Waals surface area contributed by atoms with Gasteiger partial charge in [-0.1, -0.05) is 0 Å². The van der Waals surface area contributed by atoms with E-state index in [1.165, 1.54) is 11.3 Å². The maximum absolute atomic E-state index is 12.9. The van der Waals surface area contributed by atoms with Crippen molar-refractivity contribution in [3.63, 3.8) is 0 Å². The molecule has 0 amide bonds. The number of aryl methyl sites for hydroxylation is 1. The summed E-state index contributed by atoms with van der Waals surface area (Å²) in [4.78, 5) is 1.34. The van der Waals surface area contributed by atoms with Crippen molar-refractivity contribution < 1.29 is 8.42 Å². The maximum atomic E-state index is 12.9. The summed E-state index contributed by atoms with van der Waals surface area (Å²) in [5.74, 6) is 0. The van der Waals surface area contributed by atoms with Crippen molar-refractivity contribution in [3.8, 4) is 0 Å². The minimum absolute atomic E-state index is 0.121. The van der Waals surface area contributed by atoms with E-state index >= 15 is 0 Å². The van der Waals surface area contributed by atoms with Crippen LogP contribution in [0, 0.1) is 6.92 Å². The van der Waals surface area contributed by atoms with E-state index in [9.17, 15) is 8.42 Å². The number of hydrogen-bond acceptors (Lipinski definition) is 4. The highest BCUT2D eigenvalue weighted by Gasteiger charge is 2.43. The lowest BCUT2D eigenvalue weighted by atomic mass is 10.1. The second-order valence-electron chi connectivity index (χ2n) is 5.18. The molecule has 7 heteroatoms. The van der Waals surface area contributed by atoms with Gasteiger partial charge < -0.3 is 5.32 Å². The van der Waals surface area contributed by atoms with Gasteiger partial charge in [-0.2, -0.15) is 4.31 Å². The predicted molar refractivity (Wildman–Crippen MR) is 80.1 cm³/mol. The Morgan fingerprint density at radius 2 is 2.11 bits per heavy atom. The smallest absolute Gasteiger partial charge is 0.244 e. The fourth-order valence-corrected chi connectivity index (χ4v) is 7.42. The number of nitrogens with zero attached hydrogens (tertiary/aromatic N) is 1. The molecule has 3 heterocycles. The Hall–Kier alpha value is 0.0500. The summed E-state index contributed by atoms with van der Waals surface area (Å²) in [6.45, 7) is 3.57. The minimum Gasteiger partial charge on any atom is -0.315 e. The van der Waals surface area contributed by atoms with E-state index in [4.69, 9.17) is 0 Å². The second kappa shape index (κ2) is 5.11. The maximum Gasteiger partial charge on any atom is 0.244 e. The summed E-state index contributed by atoms with van der Waals surface area (Å²) in [6.07, 6.45) is 2.89. The number of thiophene rings is 1. The molecule has 2 bridgehead atoms. The third-order valence-electron chi connectivity index (χ3n) is 3.98. The number of fused-ring (bicyclic) bond motifs is 2. The molecule has 2 atom stereocenters. The van der Waals surface area contributed by atoms with Gasteiger partial charge >= 0.3 is 0 Å². The van der Waals surface area contributed by atoms with E-state index in [1.54, 1.807) is 10.4 Å². The number of hydrogen-bond donors (Lipinski definition) is 1. The Bertz CT molecular complexity index is 571. The van der Waals surface area contributed by atoms with Crippen molar-refractivity contribution in [2.45, 2.75) is 43.2 Å². The standard InChI is InChI=1S/C12H17BrN2O2S2/c1-8-11(6-12(13)18-8)19(16,17)15-9-2-3-10(15)7-14-5-4-9/h6,9-10,14H,2-5,7H2,1H3. The van der Waals surface area contributed by atoms with Crippen LogP contribution in [0.3, 0.4) is 0 Å². The molecule has 1 N–H and O–H groups in total. The van der Waals surface area contributed by atoms with Crippen molar-refractivity contribution in [2.75, 3.05) is 13.1 Å². The van der Waals surface area contributed by atoms with Crippen LogP contribution in [0.1, 0.15) is 24.1 Å². The van der Waals surface area contributed by atoms with Gasteiger partial charge in [-0.3, -0.25) is 0 Å². The Morgan fingerprint density at radius 3 is 2.79 bits per heavy atom. The van der Waals surface area contributed by atoms with Gasteiger partial charge in [0.25, 0.3) is 0 Å². The normalized spacial score (nSPS) is 28.5. The van der Waals surface area contributed by atoms with Gasteiger partial charge in [-0.25, -0.2) is 8.42 Å². The van der Waals surface area contributed by atoms with Crippen molar-refractivity contribution in [1.29, 1.82) is 0 Å². The number of halogens is 1. The van der Waals surface area contributed by atoms with E-state index < -0.39 is 10.0 Å². The molecular formula is C12H17BrN2O2S2. The van der Waals surface area contributed by atoms with Crippen LogP contribution in [0.25, 0.3) is 0 Å². The van der Waals surface area contributed by atoms with Crippen molar-refractivity contribution in [2.24, 2.45) is 0 Å². The van der Waals surface area contributed by atoms with E-state index in [0.29, 0.717) is 4.90 Å². The number of rotatable bonds is 2. The fraction of sp³-hybridized carbons (Fsp3) is 0.667. The van der Waals surface area contributed by atoms with Crippen LogP contribution in [0.15, 0.2) is 14.7 Å². The molecule has 2 unspecified atom stereocenters. The highest BCUT2D eigenvalue weighted by Crippen LogP contribution is 2.37. The molecule has 0 spiro atoms. The molecule has 0 aliphatic carbocycles. The number of sulfonamides is 1. The lowest BCUT2D eigenvalue weighted by Crippen LogP contribution is -2.42. The quantitative estimate of drug-likeness (QED) is 0.875. The lowest BCUT2D eigenvalue weighted by Gasteiger charge is -2.26. The first-order valence-corrected chi connectivity index (χ1v) is 9.55. The van der Waals surface area contributed by atoms with Gasteiger partial charge in [0.1, 0.15) is 0 Å². The molecule has 1 aromatic rings. The molecule has 106 valence electrons. The Morgan fingerprint density at radius 1 is 1.37 bits per heavy atom. The van der Waals surface area contributed by atoms with E-state index in [0.717, 1.165) is 41.0 Å². The fourth-order valence-electron chi connectivity index (χ4n) is 3.13. The highest BCUT2D eigenvalue weighted by atomic mass is 79.9. The lowest BCUT2D eigenvalue weighted by molar-refractivity contribution is 0.334. The van der Waals surface area contributed by atoms with E-state index in [-0.39, 0.29) is 12.1 Å². The SMILES string of the molecule is Cc1sc(Br)cc1S(=O)(=O)N1C2CCNCC1CC2. The molecule has 19 heavy (non-hydrogen) atoms. The average molecular weight is 365 g/mol. The summed E-state index contributed by atoms with van der Waals surface area (Å²) < 4.78 is 28.5. The minimum atomic E-state index is -3.36. The molecule has 2 fully saturated rings. The summed E-state index contributed by atoms with van der Waals surface area (Å²) in [7, 11) is -3.36. The van der Waals surface area contributed by atoms with Crippen LogP contribution >= 0.6 is 27.3 Å². The zero-order chi connectivity index (χ0) is 13.6. The molecular weight excluding hydrogens is 348 g/mol. The van der Waals surface area contributed by atoms with Gasteiger partial charge in [-0.15, -0.1) is 11.3 Å². The first-order chi connectivity index (χ1) is 9.00. The zero-order valence-corrected chi connectivity index (χ0v) is 13.9. The van der Waals surface area contributed by atoms with E-state index in [1.807, 2.05) is 6.92 Å². The molecule has 0 radical (unpaired) electrons. The monoisotopic (exact) mass is 364 g/mol. The van der Waals surface area contributed by atoms with Crippen LogP contribution < -0.4 is 5.32 Å². The first kappa shape index (κ1) is 14.0. The molecule has 4 nitrogen and oxygen atoms in total. The van der Waals surface area contributed by atoms with Crippen LogP contribution in [0.2, 0.25) is 0 Å². The Balaban J connectivity index is 2.02. The van der Waals surface area contributed by atoms with Crippen LogP contribution in [-0.2, 0) is 10.0 Å². The average Bonchev–Trinajstić information content (AvgIpc) is 2.78. The Kier molecular flexibility index (Phi) is 3.77. The molecule has 3 rings (SSSR count). The second-order valence-corrected chi connectivity index (χ2v) is 9.63. The van der Waals surface area contributed by atoms with Crippen LogP contribution in [-0.4, -0.2) is 37.9 Å². The molecule has 2 saturated heterocycles. The third-order valence-corrected chi connectivity index (χ3v) is 7.80. The Labute approximate surface area is 126 Å². The van der Waals surface area contributed by atoms with Crippen molar-refractivity contribution >= 4 is 37.3 Å². The van der Waals surface area contributed by atoms with Gasteiger partial charge in [0.15, 0.2) is 0 Å². The summed E-state index contributed by atoms with van der Waals surface area (Å²) in [5.41, 5.74) is 0. The van der Waals surface area contributed by atoms with Crippen LogP contribution in [0.5, 0.6) is 0 Å². The van der Waals surface area contributed by atoms with Gasteiger partial charge in [-0.05, 0) is 54.7 Å². The third kappa shape index (κ3) is 2.40. The molecule has 2 aliphatic heterocycles. The largest absolute Gasteiger partial charge is 0.315 e. The van der Waals surface area contributed by atoms with Gasteiger partial charge in [0.05, 0.1) is 8.68 Å². The summed E-state index contributed by atoms with van der Waals surface area (Å²) >= 11 is 4.87. The van der Waals surface area contributed by atoms with Gasteiger partial charge in [0, 0.05) is 23.5 Å². The zero-order valence-electron chi connectivity index (χ0n) is 10.7. The molecule has 0 aromatic carbocycles. The molecule has 2 aliphatic rings. The number of nitrogens with one attached hydrogen (secondary N) is 1. The topological polar surface area (TPSA) is 49.4 Å². The van der Waals surface area contributed by atoms with Crippen molar-refractivity contribution in [3.05, 3.63) is 14.7 Å².